The molecule has 29 heavy (non-hydrogen) atoms. The number of aryl methyl sites for hydroxylation is 1. The lowest BCUT2D eigenvalue weighted by Crippen LogP contribution is -2.61. The summed E-state index contributed by atoms with van der Waals surface area (Å²) in [5, 5.41) is 25.2. The predicted octanol–water partition coefficient (Wildman–Crippen LogP) is 2.02. The Labute approximate surface area is 168 Å². The Kier molecular flexibility index (Phi) is 4.22. The van der Waals surface area contributed by atoms with Gasteiger partial charge in [0, 0.05) is 24.4 Å². The van der Waals surface area contributed by atoms with Crippen molar-refractivity contribution < 1.29 is 14.7 Å². The van der Waals surface area contributed by atoms with E-state index >= 15 is 0 Å². The van der Waals surface area contributed by atoms with E-state index in [0.29, 0.717) is 31.6 Å². The van der Waals surface area contributed by atoms with Crippen LogP contribution in [-0.2, 0) is 16.6 Å². The van der Waals surface area contributed by atoms with Gasteiger partial charge < -0.3 is 10.4 Å². The first-order valence-corrected chi connectivity index (χ1v) is 10.5. The van der Waals surface area contributed by atoms with Gasteiger partial charge in [0.05, 0.1) is 24.1 Å². The second-order valence-corrected chi connectivity index (χ2v) is 8.83. The summed E-state index contributed by atoms with van der Waals surface area (Å²) < 4.78 is 3.79. The number of carboxylic acid groups (broad SMARTS) is 1. The van der Waals surface area contributed by atoms with Gasteiger partial charge in [-0.05, 0) is 44.9 Å². The minimum Gasteiger partial charge on any atom is -0.480 e. The zero-order valence-electron chi connectivity index (χ0n) is 16.5. The van der Waals surface area contributed by atoms with Gasteiger partial charge in [0.25, 0.3) is 0 Å². The number of hydrogen-bond acceptors (Lipinski definition) is 5. The number of aliphatic carboxylic acids is 1. The van der Waals surface area contributed by atoms with Crippen molar-refractivity contribution in [3.63, 3.8) is 0 Å². The van der Waals surface area contributed by atoms with Crippen molar-refractivity contribution in [1.29, 1.82) is 0 Å². The lowest BCUT2D eigenvalue weighted by molar-refractivity contribution is -0.153. The van der Waals surface area contributed by atoms with E-state index in [1.54, 1.807) is 0 Å². The fraction of sp³-hybridized carbons (Fsp3) is 0.650. The lowest BCUT2D eigenvalue weighted by Gasteiger charge is -2.41. The molecule has 2 aromatic heterocycles. The fourth-order valence-corrected chi connectivity index (χ4v) is 4.67. The van der Waals surface area contributed by atoms with Gasteiger partial charge >= 0.3 is 5.97 Å². The molecule has 0 radical (unpaired) electrons. The summed E-state index contributed by atoms with van der Waals surface area (Å²) in [6, 6.07) is 0.123. The highest BCUT2D eigenvalue weighted by atomic mass is 16.4. The molecule has 9 nitrogen and oxygen atoms in total. The maximum Gasteiger partial charge on any atom is 0.329 e. The molecular weight excluding hydrogens is 372 g/mol. The Hall–Kier alpha value is -2.71. The molecule has 154 valence electrons. The Bertz CT molecular complexity index is 949. The zero-order valence-corrected chi connectivity index (χ0v) is 16.5. The van der Waals surface area contributed by atoms with E-state index in [0.717, 1.165) is 17.7 Å². The van der Waals surface area contributed by atoms with Gasteiger partial charge in [-0.25, -0.2) is 9.48 Å². The SMILES string of the molecule is Cn1ncc(-c2cn(C3CC(C(=O)NC4(C(=O)O)CCC4)C3)nn2)c1C1CCC1. The van der Waals surface area contributed by atoms with Crippen molar-refractivity contribution >= 4 is 11.9 Å². The lowest BCUT2D eigenvalue weighted by atomic mass is 9.74. The van der Waals surface area contributed by atoms with Crippen molar-refractivity contribution in [2.24, 2.45) is 13.0 Å². The molecule has 0 unspecified atom stereocenters. The van der Waals surface area contributed by atoms with Crippen LogP contribution < -0.4 is 5.32 Å². The summed E-state index contributed by atoms with van der Waals surface area (Å²) in [6.45, 7) is 0. The molecule has 0 atom stereocenters. The molecule has 0 aliphatic heterocycles. The van der Waals surface area contributed by atoms with Gasteiger partial charge in [0.2, 0.25) is 5.91 Å². The van der Waals surface area contributed by atoms with Crippen LogP contribution in [0.2, 0.25) is 0 Å². The number of aromatic nitrogens is 5. The van der Waals surface area contributed by atoms with Gasteiger partial charge in [-0.15, -0.1) is 5.10 Å². The molecular formula is C20H26N6O3. The number of carboxylic acids is 1. The van der Waals surface area contributed by atoms with Gasteiger partial charge in [-0.2, -0.15) is 5.10 Å². The molecule has 1 amide bonds. The highest BCUT2D eigenvalue weighted by Gasteiger charge is 2.48. The third-order valence-corrected chi connectivity index (χ3v) is 7.10. The minimum absolute atomic E-state index is 0.123. The molecule has 0 bridgehead atoms. The van der Waals surface area contributed by atoms with Crippen LogP contribution in [0.15, 0.2) is 12.4 Å². The topological polar surface area (TPSA) is 115 Å². The minimum atomic E-state index is -1.04. The van der Waals surface area contributed by atoms with E-state index in [9.17, 15) is 14.7 Å². The molecule has 5 rings (SSSR count). The van der Waals surface area contributed by atoms with Crippen LogP contribution in [-0.4, -0.2) is 47.3 Å². The molecule has 3 saturated carbocycles. The summed E-state index contributed by atoms with van der Waals surface area (Å²) in [5.74, 6) is -0.684. The number of rotatable bonds is 6. The third-order valence-electron chi connectivity index (χ3n) is 7.10. The number of hydrogen-bond donors (Lipinski definition) is 2. The average Bonchev–Trinajstić information content (AvgIpc) is 3.16. The third kappa shape index (κ3) is 2.94. The summed E-state index contributed by atoms with van der Waals surface area (Å²) in [7, 11) is 1.97. The summed E-state index contributed by atoms with van der Waals surface area (Å²) in [5.41, 5.74) is 2.06. The quantitative estimate of drug-likeness (QED) is 0.769. The zero-order chi connectivity index (χ0) is 20.2. The molecule has 9 heteroatoms. The van der Waals surface area contributed by atoms with Gasteiger partial charge in [-0.1, -0.05) is 11.6 Å². The molecule has 3 aliphatic carbocycles. The van der Waals surface area contributed by atoms with E-state index in [-0.39, 0.29) is 17.9 Å². The highest BCUT2D eigenvalue weighted by Crippen LogP contribution is 2.42. The second-order valence-electron chi connectivity index (χ2n) is 8.83. The van der Waals surface area contributed by atoms with E-state index in [2.05, 4.69) is 20.7 Å². The molecule has 2 heterocycles. The predicted molar refractivity (Wildman–Crippen MR) is 103 cm³/mol. The largest absolute Gasteiger partial charge is 0.480 e. The van der Waals surface area contributed by atoms with Crippen LogP contribution in [0.5, 0.6) is 0 Å². The number of nitrogens with one attached hydrogen (secondary N) is 1. The number of carbonyl (C=O) groups is 2. The van der Waals surface area contributed by atoms with Gasteiger partial charge in [0.1, 0.15) is 11.2 Å². The standard InChI is InChI=1S/C20H26N6O3/c1-25-17(12-4-2-5-12)15(10-21-25)16-11-26(24-23-16)14-8-13(9-14)18(27)22-20(19(28)29)6-3-7-20/h10-14H,2-9H2,1H3,(H,22,27)(H,28,29). The van der Waals surface area contributed by atoms with E-state index < -0.39 is 11.5 Å². The van der Waals surface area contributed by atoms with Crippen molar-refractivity contribution in [2.75, 3.05) is 0 Å². The van der Waals surface area contributed by atoms with Crippen molar-refractivity contribution in [2.45, 2.75) is 68.9 Å². The van der Waals surface area contributed by atoms with Crippen LogP contribution in [0.25, 0.3) is 11.3 Å². The maximum absolute atomic E-state index is 12.5. The first-order chi connectivity index (χ1) is 14.0. The van der Waals surface area contributed by atoms with Crippen LogP contribution in [0.4, 0.5) is 0 Å². The summed E-state index contributed by atoms with van der Waals surface area (Å²) in [6.07, 6.45) is 10.7. The Morgan fingerprint density at radius 3 is 2.59 bits per heavy atom. The molecule has 3 fully saturated rings. The Morgan fingerprint density at radius 2 is 2.00 bits per heavy atom. The van der Waals surface area contributed by atoms with Crippen molar-refractivity contribution in [3.05, 3.63) is 18.1 Å². The Balaban J connectivity index is 1.23. The van der Waals surface area contributed by atoms with Crippen LogP contribution in [0.1, 0.15) is 69.0 Å². The average molecular weight is 398 g/mol. The Morgan fingerprint density at radius 1 is 1.24 bits per heavy atom. The smallest absolute Gasteiger partial charge is 0.329 e. The van der Waals surface area contributed by atoms with Gasteiger partial charge in [-0.3, -0.25) is 9.48 Å². The highest BCUT2D eigenvalue weighted by molar-refractivity contribution is 5.89. The van der Waals surface area contributed by atoms with E-state index in [1.165, 1.54) is 25.0 Å². The normalized spacial score (nSPS) is 25.6. The molecule has 2 aromatic rings. The van der Waals surface area contributed by atoms with E-state index in [4.69, 9.17) is 0 Å². The number of nitrogens with zero attached hydrogens (tertiary/aromatic N) is 5. The van der Waals surface area contributed by atoms with Crippen molar-refractivity contribution in [3.8, 4) is 11.3 Å². The number of carbonyl (C=O) groups excluding carboxylic acids is 1. The van der Waals surface area contributed by atoms with Crippen LogP contribution >= 0.6 is 0 Å². The fourth-order valence-electron chi connectivity index (χ4n) is 4.67. The summed E-state index contributed by atoms with van der Waals surface area (Å²) in [4.78, 5) is 23.9. The van der Waals surface area contributed by atoms with Crippen LogP contribution in [0, 0.1) is 5.92 Å². The van der Waals surface area contributed by atoms with Crippen LogP contribution in [0.3, 0.4) is 0 Å². The van der Waals surface area contributed by atoms with E-state index in [1.807, 2.05) is 28.8 Å². The number of amides is 1. The first-order valence-electron chi connectivity index (χ1n) is 10.5. The molecule has 2 N–H and O–H groups in total. The molecule has 0 saturated heterocycles. The summed E-state index contributed by atoms with van der Waals surface area (Å²) >= 11 is 0. The molecule has 0 spiro atoms. The molecule has 3 aliphatic rings. The maximum atomic E-state index is 12.5. The second kappa shape index (κ2) is 6.67. The van der Waals surface area contributed by atoms with Crippen molar-refractivity contribution in [1.82, 2.24) is 30.1 Å². The monoisotopic (exact) mass is 398 g/mol. The molecule has 0 aromatic carbocycles. The first kappa shape index (κ1) is 18.3. The van der Waals surface area contributed by atoms with Gasteiger partial charge in [0.15, 0.2) is 0 Å².